The molecular formula is C14H20O5S. The van der Waals surface area contributed by atoms with Gasteiger partial charge in [0.25, 0.3) is 0 Å². The van der Waals surface area contributed by atoms with Gasteiger partial charge in [-0.2, -0.15) is 8.42 Å². The molecule has 5 nitrogen and oxygen atoms in total. The van der Waals surface area contributed by atoms with Crippen LogP contribution in [0.2, 0.25) is 0 Å². The van der Waals surface area contributed by atoms with Gasteiger partial charge in [0, 0.05) is 0 Å². The maximum Gasteiger partial charge on any atom is 0.525 e. The van der Waals surface area contributed by atoms with Crippen LogP contribution in [-0.2, 0) is 19.0 Å². The van der Waals surface area contributed by atoms with Gasteiger partial charge >= 0.3 is 16.3 Å². The molecule has 1 aromatic rings. The van der Waals surface area contributed by atoms with E-state index < -0.39 is 21.9 Å². The Bertz CT molecular complexity index is 600. The van der Waals surface area contributed by atoms with Crippen LogP contribution in [0.3, 0.4) is 0 Å². The van der Waals surface area contributed by atoms with Crippen molar-refractivity contribution in [2.75, 3.05) is 0 Å². The summed E-state index contributed by atoms with van der Waals surface area (Å²) in [6, 6.07) is 3.44. The van der Waals surface area contributed by atoms with Gasteiger partial charge in [0.05, 0.1) is 0 Å². The SMILES string of the molecule is Cc1cc(C)c(S(=O)(=O)OC(=O)OC(C)(C)C)c(C)c1. The maximum absolute atomic E-state index is 12.2. The van der Waals surface area contributed by atoms with Crippen LogP contribution >= 0.6 is 0 Å². The zero-order valence-electron chi connectivity index (χ0n) is 12.6. The van der Waals surface area contributed by atoms with Crippen molar-refractivity contribution in [3.05, 3.63) is 28.8 Å². The quantitative estimate of drug-likeness (QED) is 0.619. The minimum Gasteiger partial charge on any atom is -0.428 e. The van der Waals surface area contributed by atoms with Gasteiger partial charge in [0.1, 0.15) is 10.5 Å². The number of hydrogen-bond acceptors (Lipinski definition) is 5. The number of carbonyl (C=O) groups is 1. The molecule has 0 aliphatic heterocycles. The minimum atomic E-state index is -4.18. The van der Waals surface area contributed by atoms with Gasteiger partial charge in [0.2, 0.25) is 0 Å². The first kappa shape index (κ1) is 16.5. The molecule has 0 unspecified atom stereocenters. The van der Waals surface area contributed by atoms with E-state index in [1.165, 1.54) is 0 Å². The predicted molar refractivity (Wildman–Crippen MR) is 75.2 cm³/mol. The Morgan fingerprint density at radius 1 is 1.05 bits per heavy atom. The molecule has 1 aromatic carbocycles. The van der Waals surface area contributed by atoms with E-state index in [0.717, 1.165) is 5.56 Å². The first-order valence-electron chi connectivity index (χ1n) is 6.18. The summed E-state index contributed by atoms with van der Waals surface area (Å²) in [6.07, 6.45) is -1.23. The van der Waals surface area contributed by atoms with Crippen molar-refractivity contribution in [1.82, 2.24) is 0 Å². The van der Waals surface area contributed by atoms with Crippen LogP contribution in [0.15, 0.2) is 17.0 Å². The van der Waals surface area contributed by atoms with Crippen LogP contribution in [0.4, 0.5) is 4.79 Å². The monoisotopic (exact) mass is 300 g/mol. The summed E-state index contributed by atoms with van der Waals surface area (Å²) >= 11 is 0. The predicted octanol–water partition coefficient (Wildman–Crippen LogP) is 3.25. The third kappa shape index (κ3) is 4.23. The third-order valence-electron chi connectivity index (χ3n) is 2.42. The molecule has 0 saturated heterocycles. The molecule has 20 heavy (non-hydrogen) atoms. The molecule has 0 bridgehead atoms. The summed E-state index contributed by atoms with van der Waals surface area (Å²) in [4.78, 5) is 11.5. The number of aryl methyl sites for hydroxylation is 3. The van der Waals surface area contributed by atoms with Crippen LogP contribution in [0.5, 0.6) is 0 Å². The minimum absolute atomic E-state index is 0.00830. The molecular weight excluding hydrogens is 280 g/mol. The lowest BCUT2D eigenvalue weighted by Crippen LogP contribution is -2.26. The molecule has 0 fully saturated rings. The third-order valence-corrected chi connectivity index (χ3v) is 3.92. The Hall–Kier alpha value is -1.56. The molecule has 0 aromatic heterocycles. The van der Waals surface area contributed by atoms with Crippen molar-refractivity contribution < 1.29 is 22.1 Å². The maximum atomic E-state index is 12.2. The van der Waals surface area contributed by atoms with Gasteiger partial charge in [-0.05, 0) is 52.7 Å². The number of carbonyl (C=O) groups excluding carboxylic acids is 1. The van der Waals surface area contributed by atoms with E-state index in [1.54, 1.807) is 46.8 Å². The van der Waals surface area contributed by atoms with Crippen molar-refractivity contribution in [3.63, 3.8) is 0 Å². The zero-order valence-corrected chi connectivity index (χ0v) is 13.4. The van der Waals surface area contributed by atoms with Crippen LogP contribution in [0.25, 0.3) is 0 Å². The van der Waals surface area contributed by atoms with Gasteiger partial charge in [-0.1, -0.05) is 17.7 Å². The van der Waals surface area contributed by atoms with E-state index >= 15 is 0 Å². The Morgan fingerprint density at radius 3 is 1.90 bits per heavy atom. The smallest absolute Gasteiger partial charge is 0.428 e. The molecule has 0 spiro atoms. The topological polar surface area (TPSA) is 69.7 Å². The summed E-state index contributed by atoms with van der Waals surface area (Å²) in [6.45, 7) is 10.1. The van der Waals surface area contributed by atoms with E-state index in [-0.39, 0.29) is 4.90 Å². The molecule has 112 valence electrons. The summed E-state index contributed by atoms with van der Waals surface area (Å²) in [5.74, 6) is 0. The molecule has 0 amide bonds. The standard InChI is InChI=1S/C14H20O5S/c1-9-7-10(2)12(11(3)8-9)20(16,17)19-13(15)18-14(4,5)6/h7-8H,1-6H3. The van der Waals surface area contributed by atoms with Crippen molar-refractivity contribution in [3.8, 4) is 0 Å². The first-order valence-corrected chi connectivity index (χ1v) is 7.58. The molecule has 0 atom stereocenters. The lowest BCUT2D eigenvalue weighted by molar-refractivity contribution is 0.0222. The summed E-state index contributed by atoms with van der Waals surface area (Å²) in [7, 11) is -4.18. The summed E-state index contributed by atoms with van der Waals surface area (Å²) < 4.78 is 33.7. The van der Waals surface area contributed by atoms with Crippen molar-refractivity contribution in [2.45, 2.75) is 52.0 Å². The fraction of sp³-hybridized carbons (Fsp3) is 0.500. The van der Waals surface area contributed by atoms with Gasteiger partial charge < -0.3 is 8.92 Å². The molecule has 0 aliphatic rings. The second-order valence-electron chi connectivity index (χ2n) is 5.73. The van der Waals surface area contributed by atoms with Gasteiger partial charge in [-0.3, -0.25) is 0 Å². The molecule has 6 heteroatoms. The molecule has 0 N–H and O–H groups in total. The van der Waals surface area contributed by atoms with E-state index in [9.17, 15) is 13.2 Å². The van der Waals surface area contributed by atoms with Crippen LogP contribution in [0.1, 0.15) is 37.5 Å². The number of hydrogen-bond donors (Lipinski definition) is 0. The lowest BCUT2D eigenvalue weighted by atomic mass is 10.1. The largest absolute Gasteiger partial charge is 0.525 e. The van der Waals surface area contributed by atoms with E-state index in [0.29, 0.717) is 11.1 Å². The number of rotatable bonds is 2. The fourth-order valence-corrected chi connectivity index (χ4v) is 3.16. The Balaban J connectivity index is 3.10. The van der Waals surface area contributed by atoms with Gasteiger partial charge in [0.15, 0.2) is 0 Å². The number of ether oxygens (including phenoxy) is 1. The Morgan fingerprint density at radius 2 is 1.50 bits per heavy atom. The lowest BCUT2D eigenvalue weighted by Gasteiger charge is -2.19. The second kappa shape index (κ2) is 5.44. The molecule has 0 saturated carbocycles. The molecule has 0 heterocycles. The van der Waals surface area contributed by atoms with Crippen LogP contribution in [0, 0.1) is 20.8 Å². The highest BCUT2D eigenvalue weighted by Gasteiger charge is 2.28. The fourth-order valence-electron chi connectivity index (χ4n) is 1.96. The van der Waals surface area contributed by atoms with E-state index in [1.807, 2.05) is 6.92 Å². The first-order chi connectivity index (χ1) is 8.92. The van der Waals surface area contributed by atoms with E-state index in [4.69, 9.17) is 4.74 Å². The van der Waals surface area contributed by atoms with E-state index in [2.05, 4.69) is 4.18 Å². The highest BCUT2D eigenvalue weighted by molar-refractivity contribution is 7.87. The van der Waals surface area contributed by atoms with Crippen molar-refractivity contribution in [1.29, 1.82) is 0 Å². The highest BCUT2D eigenvalue weighted by Crippen LogP contribution is 2.24. The zero-order chi connectivity index (χ0) is 15.7. The molecule has 0 aliphatic carbocycles. The van der Waals surface area contributed by atoms with Gasteiger partial charge in [-0.15, -0.1) is 0 Å². The summed E-state index contributed by atoms with van der Waals surface area (Å²) in [5.41, 5.74) is 1.19. The second-order valence-corrected chi connectivity index (χ2v) is 7.21. The normalized spacial score (nSPS) is 12.1. The van der Waals surface area contributed by atoms with Crippen LogP contribution < -0.4 is 0 Å². The average molecular weight is 300 g/mol. The highest BCUT2D eigenvalue weighted by atomic mass is 32.2. The van der Waals surface area contributed by atoms with Gasteiger partial charge in [-0.25, -0.2) is 4.79 Å². The van der Waals surface area contributed by atoms with Crippen molar-refractivity contribution >= 4 is 16.3 Å². The Labute approximate surface area is 120 Å². The molecule has 1 rings (SSSR count). The van der Waals surface area contributed by atoms with Crippen LogP contribution in [-0.4, -0.2) is 20.2 Å². The average Bonchev–Trinajstić information content (AvgIpc) is 2.08. The van der Waals surface area contributed by atoms with Crippen molar-refractivity contribution in [2.24, 2.45) is 0 Å². The Kier molecular flexibility index (Phi) is 4.49. The number of benzene rings is 1. The molecule has 0 radical (unpaired) electrons. The summed E-state index contributed by atoms with van der Waals surface area (Å²) in [5, 5.41) is 0.